The summed E-state index contributed by atoms with van der Waals surface area (Å²) < 4.78 is 0. The first-order chi connectivity index (χ1) is 18.9. The molecular weight excluding hydrogens is 496 g/mol. The van der Waals surface area contributed by atoms with Crippen molar-refractivity contribution >= 4 is 22.1 Å². The van der Waals surface area contributed by atoms with Gasteiger partial charge in [-0.15, -0.1) is 30.0 Å². The number of hydrogen-bond donors (Lipinski definition) is 4. The van der Waals surface area contributed by atoms with Crippen molar-refractivity contribution in [2.45, 2.75) is 20.8 Å². The lowest BCUT2D eigenvalue weighted by atomic mass is 10.2. The van der Waals surface area contributed by atoms with Crippen LogP contribution in [0.25, 0.3) is 33.4 Å². The molecule has 6 aromatic rings. The molecule has 4 aromatic carbocycles. The highest BCUT2D eigenvalue weighted by Gasteiger charge is 2.08. The minimum atomic E-state index is 0.169. The molecule has 2 heterocycles. The number of aliphatic hydroxyl groups excluding tert-OH is 2. The summed E-state index contributed by atoms with van der Waals surface area (Å²) in [7, 11) is 0. The number of hydrogen-bond acceptors (Lipinski definition) is 8. The molecule has 10 heteroatoms. The minimum absolute atomic E-state index is 0.169. The van der Waals surface area contributed by atoms with Crippen LogP contribution in [-0.4, -0.2) is 63.6 Å². The lowest BCUT2D eigenvalue weighted by Gasteiger charge is -2.03. The maximum Gasteiger partial charge on any atom is 0.143 e. The molecule has 39 heavy (non-hydrogen) atoms. The molecule has 0 unspecified atom stereocenters. The molecule has 0 atom stereocenters. The Labute approximate surface area is 226 Å². The van der Waals surface area contributed by atoms with Crippen molar-refractivity contribution < 1.29 is 20.4 Å². The summed E-state index contributed by atoms with van der Waals surface area (Å²) in [6.45, 7) is 5.83. The maximum absolute atomic E-state index is 9.81. The first-order valence-corrected chi connectivity index (χ1v) is 12.4. The summed E-state index contributed by atoms with van der Waals surface area (Å²) in [5.74, 6) is 0.346. The number of aliphatic hydroxyl groups is 2. The van der Waals surface area contributed by atoms with Crippen molar-refractivity contribution in [1.82, 2.24) is 30.0 Å². The van der Waals surface area contributed by atoms with Crippen LogP contribution in [0.4, 0.5) is 0 Å². The maximum atomic E-state index is 9.81. The third-order valence-corrected chi connectivity index (χ3v) is 5.02. The van der Waals surface area contributed by atoms with Crippen molar-refractivity contribution in [2.75, 3.05) is 13.2 Å². The Morgan fingerprint density at radius 2 is 0.897 bits per heavy atom. The molecule has 0 bridgehead atoms. The number of aryl methyl sites for hydroxylation is 1. The van der Waals surface area contributed by atoms with Crippen LogP contribution in [0.2, 0.25) is 0 Å². The van der Waals surface area contributed by atoms with Gasteiger partial charge in [0.05, 0.1) is 0 Å². The number of phenolic OH excluding ortho intramolecular Hbond substituents is 2. The number of aromatic nitrogens is 6. The van der Waals surface area contributed by atoms with Crippen molar-refractivity contribution in [2.24, 2.45) is 0 Å². The zero-order valence-electron chi connectivity index (χ0n) is 22.0. The Morgan fingerprint density at radius 3 is 1.33 bits per heavy atom. The lowest BCUT2D eigenvalue weighted by Crippen LogP contribution is -1.99. The molecule has 6 rings (SSSR count). The molecule has 0 amide bonds. The molecule has 0 fully saturated rings. The highest BCUT2D eigenvalue weighted by atomic mass is 16.3. The van der Waals surface area contributed by atoms with Gasteiger partial charge in [-0.2, -0.15) is 0 Å². The summed E-state index contributed by atoms with van der Waals surface area (Å²) in [5.41, 5.74) is 5.48. The fraction of sp³-hybridized carbons (Fsp3) is 0.172. The van der Waals surface area contributed by atoms with Gasteiger partial charge in [0.2, 0.25) is 0 Å². The smallest absolute Gasteiger partial charge is 0.143 e. The summed E-state index contributed by atoms with van der Waals surface area (Å²) in [5, 5.41) is 51.9. The van der Waals surface area contributed by atoms with E-state index in [0.29, 0.717) is 11.4 Å². The van der Waals surface area contributed by atoms with Crippen molar-refractivity contribution in [3.05, 3.63) is 96.6 Å². The van der Waals surface area contributed by atoms with Crippen LogP contribution >= 0.6 is 0 Å². The molecule has 10 nitrogen and oxygen atoms in total. The van der Waals surface area contributed by atoms with E-state index in [0.717, 1.165) is 27.6 Å². The van der Waals surface area contributed by atoms with E-state index in [-0.39, 0.29) is 24.7 Å². The summed E-state index contributed by atoms with van der Waals surface area (Å²) in [6, 6.07) is 27.6. The second-order valence-electron chi connectivity index (χ2n) is 8.07. The zero-order chi connectivity index (χ0) is 28.2. The molecule has 0 aliphatic carbocycles. The largest absolute Gasteiger partial charge is 0.506 e. The first kappa shape index (κ1) is 28.8. The minimum Gasteiger partial charge on any atom is -0.506 e. The van der Waals surface area contributed by atoms with Gasteiger partial charge in [-0.1, -0.05) is 42.5 Å². The summed E-state index contributed by atoms with van der Waals surface area (Å²) in [6.07, 6.45) is 0. The summed E-state index contributed by atoms with van der Waals surface area (Å²) >= 11 is 0. The number of nitrogens with zero attached hydrogens (tertiary/aromatic N) is 6. The van der Waals surface area contributed by atoms with Gasteiger partial charge in [0.1, 0.15) is 44.9 Å². The number of aromatic hydroxyl groups is 2. The zero-order valence-corrected chi connectivity index (χ0v) is 22.0. The molecule has 202 valence electrons. The quantitative estimate of drug-likeness (QED) is 0.256. The molecule has 2 aromatic heterocycles. The second kappa shape index (κ2) is 14.2. The predicted octanol–water partition coefficient (Wildman–Crippen LogP) is 4.56. The SMILES string of the molecule is CCO.CCO.Cc1ccc(O)c(-n2nc3ccccc3n2)c1.Oc1ccccc1-n1nc2ccccc2n1. The van der Waals surface area contributed by atoms with Crippen LogP contribution in [0.15, 0.2) is 91.0 Å². The van der Waals surface area contributed by atoms with Gasteiger partial charge in [0.25, 0.3) is 0 Å². The van der Waals surface area contributed by atoms with Crippen LogP contribution in [-0.2, 0) is 0 Å². The van der Waals surface area contributed by atoms with Crippen molar-refractivity contribution in [1.29, 1.82) is 0 Å². The second-order valence-corrected chi connectivity index (χ2v) is 8.07. The van der Waals surface area contributed by atoms with E-state index in [1.54, 1.807) is 38.1 Å². The molecule has 0 aliphatic rings. The monoisotopic (exact) mass is 528 g/mol. The van der Waals surface area contributed by atoms with Gasteiger partial charge < -0.3 is 20.4 Å². The lowest BCUT2D eigenvalue weighted by molar-refractivity contribution is 0.318. The van der Waals surface area contributed by atoms with E-state index in [2.05, 4.69) is 20.4 Å². The number of phenols is 2. The molecule has 0 aliphatic heterocycles. The highest BCUT2D eigenvalue weighted by Crippen LogP contribution is 2.23. The van der Waals surface area contributed by atoms with Crippen molar-refractivity contribution in [3.63, 3.8) is 0 Å². The summed E-state index contributed by atoms with van der Waals surface area (Å²) in [4.78, 5) is 2.91. The number of rotatable bonds is 2. The average molecular weight is 529 g/mol. The Bertz CT molecular complexity index is 1540. The van der Waals surface area contributed by atoms with E-state index < -0.39 is 0 Å². The van der Waals surface area contributed by atoms with E-state index >= 15 is 0 Å². The van der Waals surface area contributed by atoms with Crippen LogP contribution in [0, 0.1) is 6.92 Å². The molecule has 0 radical (unpaired) electrons. The standard InChI is InChI=1S/C13H11N3O.C12H9N3O.2C2H6O/c1-9-6-7-13(17)12(8-9)16-14-10-4-2-3-5-11(10)15-16;16-12-8-4-3-7-11(12)15-13-9-5-1-2-6-10(9)14-15;2*1-2-3/h2-8,17H,1H3;1-8,16H;2*3H,2H2,1H3. The average Bonchev–Trinajstić information content (AvgIpc) is 3.56. The number of para-hydroxylation sites is 2. The van der Waals surface area contributed by atoms with Gasteiger partial charge >= 0.3 is 0 Å². The molecule has 4 N–H and O–H groups in total. The fourth-order valence-electron chi connectivity index (χ4n) is 3.36. The van der Waals surface area contributed by atoms with Gasteiger partial charge in [-0.3, -0.25) is 0 Å². The number of fused-ring (bicyclic) bond motifs is 2. The van der Waals surface area contributed by atoms with Crippen LogP contribution in [0.1, 0.15) is 19.4 Å². The Kier molecular flexibility index (Phi) is 10.5. The highest BCUT2D eigenvalue weighted by molar-refractivity contribution is 5.74. The topological polar surface area (TPSA) is 142 Å². The molecular formula is C29H32N6O4. The van der Waals surface area contributed by atoms with Crippen LogP contribution in [0.3, 0.4) is 0 Å². The Hall–Kier alpha value is -4.80. The molecule has 0 saturated carbocycles. The molecule has 0 saturated heterocycles. The van der Waals surface area contributed by atoms with Gasteiger partial charge in [-0.25, -0.2) is 0 Å². The van der Waals surface area contributed by atoms with E-state index in [4.69, 9.17) is 10.2 Å². The van der Waals surface area contributed by atoms with Gasteiger partial charge in [-0.05, 0) is 74.9 Å². The molecule has 0 spiro atoms. The van der Waals surface area contributed by atoms with E-state index in [1.165, 1.54) is 9.59 Å². The van der Waals surface area contributed by atoms with E-state index in [1.807, 2.05) is 73.7 Å². The third-order valence-electron chi connectivity index (χ3n) is 5.02. The third kappa shape index (κ3) is 7.60. The predicted molar refractivity (Wildman–Crippen MR) is 151 cm³/mol. The Morgan fingerprint density at radius 1 is 0.538 bits per heavy atom. The Balaban J connectivity index is 0.000000180. The van der Waals surface area contributed by atoms with Gasteiger partial charge in [0.15, 0.2) is 0 Å². The normalized spacial score (nSPS) is 10.1. The van der Waals surface area contributed by atoms with Crippen LogP contribution < -0.4 is 0 Å². The first-order valence-electron chi connectivity index (χ1n) is 12.4. The van der Waals surface area contributed by atoms with Gasteiger partial charge in [0, 0.05) is 13.2 Å². The van der Waals surface area contributed by atoms with Crippen molar-refractivity contribution in [3.8, 4) is 22.9 Å². The van der Waals surface area contributed by atoms with Crippen LogP contribution in [0.5, 0.6) is 11.5 Å². The fourth-order valence-corrected chi connectivity index (χ4v) is 3.36. The van der Waals surface area contributed by atoms with E-state index in [9.17, 15) is 10.2 Å². The number of benzene rings is 4.